The third-order valence-corrected chi connectivity index (χ3v) is 3.89. The first-order chi connectivity index (χ1) is 11.6. The normalized spacial score (nSPS) is 19.5. The molecule has 3 rings (SSSR count). The number of aryl methyl sites for hydroxylation is 1. The molecule has 0 unspecified atom stereocenters. The maximum absolute atomic E-state index is 12.6. The highest BCUT2D eigenvalue weighted by atomic mass is 16.6. The number of esters is 1. The molecule has 1 aliphatic heterocycles. The highest BCUT2D eigenvalue weighted by Gasteiger charge is 2.40. The van der Waals surface area contributed by atoms with Crippen molar-refractivity contribution in [2.75, 3.05) is 25.6 Å². The Kier molecular flexibility index (Phi) is 4.61. The SMILES string of the molecule is C=C1Nc2nc(C)nn2[C@H](c2ccccc2)[C@H]1C(=O)OCCOC. The van der Waals surface area contributed by atoms with Crippen LogP contribution < -0.4 is 5.32 Å². The van der Waals surface area contributed by atoms with Crippen molar-refractivity contribution < 1.29 is 14.3 Å². The van der Waals surface area contributed by atoms with Gasteiger partial charge in [-0.1, -0.05) is 36.9 Å². The Morgan fingerprint density at radius 3 is 2.79 bits per heavy atom. The predicted octanol–water partition coefficient (Wildman–Crippen LogP) is 1.92. The Bertz CT molecular complexity index is 742. The third-order valence-electron chi connectivity index (χ3n) is 3.89. The number of fused-ring (bicyclic) bond motifs is 1. The topological polar surface area (TPSA) is 78.3 Å². The number of carbonyl (C=O) groups excluding carboxylic acids is 1. The number of nitrogens with zero attached hydrogens (tertiary/aromatic N) is 3. The second-order valence-corrected chi connectivity index (χ2v) is 5.57. The fourth-order valence-corrected chi connectivity index (χ4v) is 2.83. The van der Waals surface area contributed by atoms with Crippen LogP contribution in [0.15, 0.2) is 42.6 Å². The number of ether oxygens (including phenoxy) is 2. The van der Waals surface area contributed by atoms with Crippen LogP contribution in [0.1, 0.15) is 17.4 Å². The maximum Gasteiger partial charge on any atom is 0.317 e. The number of carbonyl (C=O) groups is 1. The molecule has 2 atom stereocenters. The van der Waals surface area contributed by atoms with E-state index in [-0.39, 0.29) is 18.6 Å². The minimum absolute atomic E-state index is 0.198. The van der Waals surface area contributed by atoms with Gasteiger partial charge in [-0.15, -0.1) is 0 Å². The van der Waals surface area contributed by atoms with E-state index in [1.807, 2.05) is 37.3 Å². The summed E-state index contributed by atoms with van der Waals surface area (Å²) in [6.45, 7) is 6.36. The van der Waals surface area contributed by atoms with Gasteiger partial charge in [0.1, 0.15) is 18.3 Å². The smallest absolute Gasteiger partial charge is 0.317 e. The highest BCUT2D eigenvalue weighted by Crippen LogP contribution is 2.37. The van der Waals surface area contributed by atoms with Gasteiger partial charge in [0.15, 0.2) is 0 Å². The number of nitrogens with one attached hydrogen (secondary N) is 1. The van der Waals surface area contributed by atoms with Crippen molar-refractivity contribution in [2.24, 2.45) is 5.92 Å². The quantitative estimate of drug-likeness (QED) is 0.667. The molecule has 1 aromatic carbocycles. The van der Waals surface area contributed by atoms with Crippen molar-refractivity contribution in [3.63, 3.8) is 0 Å². The van der Waals surface area contributed by atoms with E-state index in [1.54, 1.807) is 11.8 Å². The second-order valence-electron chi connectivity index (χ2n) is 5.57. The molecule has 7 heteroatoms. The molecule has 0 amide bonds. The van der Waals surface area contributed by atoms with Gasteiger partial charge in [0, 0.05) is 12.8 Å². The summed E-state index contributed by atoms with van der Waals surface area (Å²) in [5.74, 6) is 0.238. The number of anilines is 1. The zero-order valence-electron chi connectivity index (χ0n) is 13.7. The van der Waals surface area contributed by atoms with Crippen molar-refractivity contribution in [1.82, 2.24) is 14.8 Å². The summed E-state index contributed by atoms with van der Waals surface area (Å²) in [5.41, 5.74) is 1.49. The molecule has 0 fully saturated rings. The average molecular weight is 328 g/mol. The molecular weight excluding hydrogens is 308 g/mol. The molecule has 0 bridgehead atoms. The summed E-state index contributed by atoms with van der Waals surface area (Å²) in [6, 6.07) is 9.34. The summed E-state index contributed by atoms with van der Waals surface area (Å²) in [5, 5.41) is 7.51. The molecule has 1 N–H and O–H groups in total. The van der Waals surface area contributed by atoms with E-state index in [2.05, 4.69) is 22.0 Å². The van der Waals surface area contributed by atoms with Crippen molar-refractivity contribution in [2.45, 2.75) is 13.0 Å². The van der Waals surface area contributed by atoms with Gasteiger partial charge in [-0.05, 0) is 12.5 Å². The number of benzene rings is 1. The van der Waals surface area contributed by atoms with E-state index in [1.165, 1.54) is 0 Å². The lowest BCUT2D eigenvalue weighted by atomic mass is 9.89. The molecule has 0 saturated heterocycles. The van der Waals surface area contributed by atoms with Crippen molar-refractivity contribution in [1.29, 1.82) is 0 Å². The van der Waals surface area contributed by atoms with Crippen LogP contribution in [0.3, 0.4) is 0 Å². The van der Waals surface area contributed by atoms with Crippen LogP contribution in [0.25, 0.3) is 0 Å². The Balaban J connectivity index is 1.99. The van der Waals surface area contributed by atoms with Gasteiger partial charge in [-0.2, -0.15) is 10.1 Å². The molecule has 126 valence electrons. The average Bonchev–Trinajstić information content (AvgIpc) is 2.94. The Hall–Kier alpha value is -2.67. The van der Waals surface area contributed by atoms with Crippen molar-refractivity contribution in [3.05, 3.63) is 54.0 Å². The lowest BCUT2D eigenvalue weighted by molar-refractivity contribution is -0.149. The van der Waals surface area contributed by atoms with Gasteiger partial charge in [0.25, 0.3) is 0 Å². The van der Waals surface area contributed by atoms with E-state index >= 15 is 0 Å². The van der Waals surface area contributed by atoms with E-state index in [0.717, 1.165) is 5.56 Å². The van der Waals surface area contributed by atoms with Crippen LogP contribution in [0.4, 0.5) is 5.95 Å². The number of hydrogen-bond donors (Lipinski definition) is 1. The van der Waals surface area contributed by atoms with E-state index in [9.17, 15) is 4.79 Å². The van der Waals surface area contributed by atoms with Crippen molar-refractivity contribution in [3.8, 4) is 0 Å². The van der Waals surface area contributed by atoms with Gasteiger partial charge in [0.05, 0.1) is 12.6 Å². The molecular formula is C17H20N4O3. The molecule has 2 aromatic rings. The molecule has 0 radical (unpaired) electrons. The fourth-order valence-electron chi connectivity index (χ4n) is 2.83. The van der Waals surface area contributed by atoms with Crippen molar-refractivity contribution >= 4 is 11.9 Å². The lowest BCUT2D eigenvalue weighted by Crippen LogP contribution is -2.38. The first-order valence-corrected chi connectivity index (χ1v) is 7.71. The van der Waals surface area contributed by atoms with Gasteiger partial charge < -0.3 is 14.8 Å². The van der Waals surface area contributed by atoms with Crippen LogP contribution >= 0.6 is 0 Å². The number of aromatic nitrogens is 3. The van der Waals surface area contributed by atoms with Gasteiger partial charge in [0.2, 0.25) is 5.95 Å². The lowest BCUT2D eigenvalue weighted by Gasteiger charge is -2.33. The first kappa shape index (κ1) is 16.2. The zero-order valence-corrected chi connectivity index (χ0v) is 13.7. The van der Waals surface area contributed by atoms with E-state index in [0.29, 0.717) is 24.1 Å². The molecule has 0 aliphatic carbocycles. The maximum atomic E-state index is 12.6. The highest BCUT2D eigenvalue weighted by molar-refractivity contribution is 5.79. The standard InChI is InChI=1S/C17H20N4O3/c1-11-14(16(22)24-10-9-23-3)15(13-7-5-4-6-8-13)21-17(18-11)19-12(2)20-21/h4-8,14-15H,1,9-10H2,2-3H3,(H,18,19,20)/t14-,15+/m0/s1. The van der Waals surface area contributed by atoms with Crippen LogP contribution in [-0.4, -0.2) is 41.1 Å². The molecule has 2 heterocycles. The van der Waals surface area contributed by atoms with Gasteiger partial charge in [-0.25, -0.2) is 4.68 Å². The van der Waals surface area contributed by atoms with Crippen LogP contribution in [-0.2, 0) is 14.3 Å². The minimum Gasteiger partial charge on any atom is -0.463 e. The summed E-state index contributed by atoms with van der Waals surface area (Å²) in [4.78, 5) is 17.0. The monoisotopic (exact) mass is 328 g/mol. The largest absolute Gasteiger partial charge is 0.463 e. The first-order valence-electron chi connectivity index (χ1n) is 7.71. The zero-order chi connectivity index (χ0) is 17.1. The van der Waals surface area contributed by atoms with Crippen LogP contribution in [0.5, 0.6) is 0 Å². The Morgan fingerprint density at radius 1 is 1.33 bits per heavy atom. The summed E-state index contributed by atoms with van der Waals surface area (Å²) < 4.78 is 12.0. The number of methoxy groups -OCH3 is 1. The Labute approximate surface area is 140 Å². The molecule has 7 nitrogen and oxygen atoms in total. The predicted molar refractivity (Wildman–Crippen MR) is 88.4 cm³/mol. The molecule has 1 aliphatic rings. The second kappa shape index (κ2) is 6.84. The summed E-state index contributed by atoms with van der Waals surface area (Å²) in [7, 11) is 1.56. The third kappa shape index (κ3) is 3.03. The Morgan fingerprint density at radius 2 is 2.08 bits per heavy atom. The van der Waals surface area contributed by atoms with E-state index < -0.39 is 5.92 Å². The van der Waals surface area contributed by atoms with Crippen LogP contribution in [0.2, 0.25) is 0 Å². The summed E-state index contributed by atoms with van der Waals surface area (Å²) in [6.07, 6.45) is 0. The van der Waals surface area contributed by atoms with Gasteiger partial charge >= 0.3 is 5.97 Å². The minimum atomic E-state index is -0.599. The molecule has 0 saturated carbocycles. The number of hydrogen-bond acceptors (Lipinski definition) is 6. The fraction of sp³-hybridized carbons (Fsp3) is 0.353. The molecule has 24 heavy (non-hydrogen) atoms. The number of rotatable bonds is 5. The van der Waals surface area contributed by atoms with Crippen LogP contribution in [0, 0.1) is 12.8 Å². The summed E-state index contributed by atoms with van der Waals surface area (Å²) >= 11 is 0. The van der Waals surface area contributed by atoms with E-state index in [4.69, 9.17) is 9.47 Å². The molecule has 0 spiro atoms. The van der Waals surface area contributed by atoms with Gasteiger partial charge in [-0.3, -0.25) is 4.79 Å². The molecule has 1 aromatic heterocycles.